The minimum atomic E-state index is -0.825. The predicted octanol–water partition coefficient (Wildman–Crippen LogP) is 6.29. The molecule has 6 nitrogen and oxygen atoms in total. The Kier molecular flexibility index (Phi) is 6.96. The Balaban J connectivity index is 1.12. The van der Waals surface area contributed by atoms with Crippen LogP contribution in [0.2, 0.25) is 0 Å². The lowest BCUT2D eigenvalue weighted by Crippen LogP contribution is -2.67. The van der Waals surface area contributed by atoms with E-state index in [1.807, 2.05) is 42.5 Å². The molecule has 7 aliphatic rings. The Morgan fingerprint density at radius 1 is 0.870 bits per heavy atom. The van der Waals surface area contributed by atoms with Crippen LogP contribution in [-0.2, 0) is 0 Å². The Morgan fingerprint density at radius 2 is 1.54 bits per heavy atom. The van der Waals surface area contributed by atoms with Crippen LogP contribution < -0.4 is 9.64 Å². The smallest absolute Gasteiger partial charge is 0.189 e. The van der Waals surface area contributed by atoms with Crippen LogP contribution in [0.25, 0.3) is 0 Å². The number of hydrogen-bond acceptors (Lipinski definition) is 6. The van der Waals surface area contributed by atoms with E-state index in [4.69, 9.17) is 4.74 Å². The van der Waals surface area contributed by atoms with Crippen molar-refractivity contribution in [3.63, 3.8) is 0 Å². The fourth-order valence-corrected chi connectivity index (χ4v) is 11.8. The highest BCUT2D eigenvalue weighted by Gasteiger charge is 2.74. The summed E-state index contributed by atoms with van der Waals surface area (Å²) < 4.78 is 5.65. The van der Waals surface area contributed by atoms with Gasteiger partial charge in [0, 0.05) is 60.1 Å². The molecule has 1 saturated heterocycles. The summed E-state index contributed by atoms with van der Waals surface area (Å²) in [6, 6.07) is 18.0. The molecule has 8 atom stereocenters. The Labute approximate surface area is 274 Å². The van der Waals surface area contributed by atoms with E-state index >= 15 is 0 Å². The number of Topliss-reactive ketones (excluding diaryl/α,β-unsaturated/α-hetero) is 1. The third-order valence-corrected chi connectivity index (χ3v) is 14.3. The van der Waals surface area contributed by atoms with Gasteiger partial charge in [-0.05, 0) is 74.3 Å². The average Bonchev–Trinajstić information content (AvgIpc) is 3.34. The van der Waals surface area contributed by atoms with Crippen LogP contribution in [0.4, 0.5) is 5.69 Å². The Morgan fingerprint density at radius 3 is 2.30 bits per heavy atom. The zero-order valence-electron chi connectivity index (χ0n) is 27.8. The molecule has 0 radical (unpaired) electrons. The summed E-state index contributed by atoms with van der Waals surface area (Å²) in [5.74, 6) is 1.53. The molecule has 9 rings (SSSR count). The molecule has 6 heteroatoms. The summed E-state index contributed by atoms with van der Waals surface area (Å²) in [4.78, 5) is 19.5. The number of rotatable bonds is 6. The normalized spacial score (nSPS) is 41.4. The molecule has 6 aliphatic carbocycles. The summed E-state index contributed by atoms with van der Waals surface area (Å²) in [6.45, 7) is 9.07. The number of ketones is 1. The third-order valence-electron chi connectivity index (χ3n) is 14.3. The first kappa shape index (κ1) is 30.4. The molecule has 3 saturated carbocycles. The number of benzene rings is 2. The zero-order chi connectivity index (χ0) is 32.0. The summed E-state index contributed by atoms with van der Waals surface area (Å²) in [7, 11) is 1.73. The number of β-amino-alcohol motifs (C(OH)–C–C–N with tert-alkyl or cyclic N) is 1. The molecule has 2 aromatic rings. The van der Waals surface area contributed by atoms with Gasteiger partial charge in [-0.2, -0.15) is 0 Å². The molecule has 46 heavy (non-hydrogen) atoms. The van der Waals surface area contributed by atoms with Crippen molar-refractivity contribution in [3.05, 3.63) is 84.0 Å². The number of carbonyl (C=O) groups excluding carboxylic acids is 1. The summed E-state index contributed by atoms with van der Waals surface area (Å²) >= 11 is 0. The highest BCUT2D eigenvalue weighted by molar-refractivity contribution is 6.10. The van der Waals surface area contributed by atoms with Gasteiger partial charge < -0.3 is 19.8 Å². The molecule has 1 heterocycles. The molecule has 244 valence electrons. The van der Waals surface area contributed by atoms with Crippen LogP contribution in [0.3, 0.4) is 0 Å². The standard InChI is InChI=1S/C40H50N2O4/c1-36-16-13-29(43)25-38(36)19-20-40(30(26-38)35(44)28-9-5-4-6-10-28)33(36)14-17-37(2)34(40)15-18-39(37,45)27-41-21-23-42(24-22-41)31-11-7-8-12-32(31)46-3/h4-12,19-20,26,29,33-34,43,45H,13-18,21-25,27H2,1-3H3. The molecule has 2 aromatic carbocycles. The van der Waals surface area contributed by atoms with Crippen LogP contribution in [0.15, 0.2) is 78.4 Å². The number of para-hydroxylation sites is 2. The molecular formula is C40H50N2O4. The predicted molar refractivity (Wildman–Crippen MR) is 181 cm³/mol. The molecule has 8 unspecified atom stereocenters. The quantitative estimate of drug-likeness (QED) is 0.292. The number of anilines is 1. The van der Waals surface area contributed by atoms with Gasteiger partial charge in [-0.15, -0.1) is 0 Å². The number of methoxy groups -OCH3 is 1. The van der Waals surface area contributed by atoms with Crippen molar-refractivity contribution >= 4 is 11.5 Å². The van der Waals surface area contributed by atoms with Crippen molar-refractivity contribution in [1.29, 1.82) is 0 Å². The van der Waals surface area contributed by atoms with Crippen LogP contribution in [-0.4, -0.2) is 72.4 Å². The van der Waals surface area contributed by atoms with Gasteiger partial charge in [0.25, 0.3) is 0 Å². The highest BCUT2D eigenvalue weighted by Crippen LogP contribution is 2.78. The van der Waals surface area contributed by atoms with Gasteiger partial charge in [-0.1, -0.05) is 74.5 Å². The first-order chi connectivity index (χ1) is 22.1. The summed E-state index contributed by atoms with van der Waals surface area (Å²) in [6.07, 6.45) is 12.9. The minimum absolute atomic E-state index is 0.0156. The number of nitrogens with zero attached hydrogens (tertiary/aromatic N) is 2. The monoisotopic (exact) mass is 622 g/mol. The van der Waals surface area contributed by atoms with Gasteiger partial charge in [0.15, 0.2) is 5.78 Å². The fourth-order valence-electron chi connectivity index (χ4n) is 11.8. The Hall–Kier alpha value is -2.93. The lowest BCUT2D eigenvalue weighted by molar-refractivity contribution is -0.176. The lowest BCUT2D eigenvalue weighted by Gasteiger charge is -2.71. The molecule has 4 fully saturated rings. The topological polar surface area (TPSA) is 73.2 Å². The van der Waals surface area contributed by atoms with Crippen LogP contribution in [0.1, 0.15) is 69.2 Å². The first-order valence-corrected chi connectivity index (χ1v) is 17.6. The van der Waals surface area contributed by atoms with E-state index in [-0.39, 0.29) is 34.1 Å². The van der Waals surface area contributed by atoms with Crippen LogP contribution in [0, 0.1) is 33.5 Å². The van der Waals surface area contributed by atoms with Gasteiger partial charge in [0.2, 0.25) is 0 Å². The summed E-state index contributed by atoms with van der Waals surface area (Å²) in [5.41, 5.74) is 0.941. The van der Waals surface area contributed by atoms with Crippen molar-refractivity contribution < 1.29 is 19.7 Å². The van der Waals surface area contributed by atoms with E-state index in [0.717, 1.165) is 87.3 Å². The Bertz CT molecular complexity index is 1580. The van der Waals surface area contributed by atoms with E-state index in [1.165, 1.54) is 0 Å². The van der Waals surface area contributed by atoms with Crippen molar-refractivity contribution in [2.24, 2.45) is 33.5 Å². The maximum Gasteiger partial charge on any atom is 0.189 e. The van der Waals surface area contributed by atoms with E-state index in [1.54, 1.807) is 7.11 Å². The molecule has 0 amide bonds. The number of ether oxygens (including phenoxy) is 1. The van der Waals surface area contributed by atoms with Crippen molar-refractivity contribution in [1.82, 2.24) is 4.90 Å². The van der Waals surface area contributed by atoms with Gasteiger partial charge in [0.05, 0.1) is 24.5 Å². The van der Waals surface area contributed by atoms with E-state index in [2.05, 4.69) is 54.0 Å². The lowest BCUT2D eigenvalue weighted by atomic mass is 9.32. The number of fused-ring (bicyclic) bond motifs is 1. The van der Waals surface area contributed by atoms with Crippen molar-refractivity contribution in [2.45, 2.75) is 70.5 Å². The number of carbonyl (C=O) groups is 1. The number of piperazine rings is 1. The first-order valence-electron chi connectivity index (χ1n) is 17.6. The second kappa shape index (κ2) is 10.5. The van der Waals surface area contributed by atoms with Crippen molar-refractivity contribution in [2.75, 3.05) is 44.7 Å². The highest BCUT2D eigenvalue weighted by atomic mass is 16.5. The van der Waals surface area contributed by atoms with Gasteiger partial charge in [-0.3, -0.25) is 9.69 Å². The maximum atomic E-state index is 14.6. The number of hydrogen-bond donors (Lipinski definition) is 2. The molecule has 2 bridgehead atoms. The molecular weight excluding hydrogens is 572 g/mol. The minimum Gasteiger partial charge on any atom is -0.495 e. The van der Waals surface area contributed by atoms with E-state index in [9.17, 15) is 15.0 Å². The van der Waals surface area contributed by atoms with E-state index in [0.29, 0.717) is 18.9 Å². The number of allylic oxidation sites excluding steroid dienone is 4. The van der Waals surface area contributed by atoms with Gasteiger partial charge in [0.1, 0.15) is 5.75 Å². The van der Waals surface area contributed by atoms with Gasteiger partial charge in [-0.25, -0.2) is 0 Å². The molecule has 1 aliphatic heterocycles. The maximum absolute atomic E-state index is 14.6. The van der Waals surface area contributed by atoms with Crippen molar-refractivity contribution in [3.8, 4) is 5.75 Å². The molecule has 2 N–H and O–H groups in total. The average molecular weight is 623 g/mol. The second-order valence-corrected chi connectivity index (χ2v) is 15.9. The number of aliphatic hydroxyl groups is 2. The SMILES string of the molecule is COc1ccccc1N1CCN(CC2(O)CCC3C45C=CC6(C=C4C(=O)c4ccccc4)CC(O)CCC6(C)C5CCC32C)CC1. The molecule has 0 aromatic heterocycles. The third kappa shape index (κ3) is 4.02. The van der Waals surface area contributed by atoms with E-state index < -0.39 is 11.0 Å². The van der Waals surface area contributed by atoms with Crippen LogP contribution in [0.5, 0.6) is 5.75 Å². The summed E-state index contributed by atoms with van der Waals surface area (Å²) in [5, 5.41) is 23.8. The zero-order valence-corrected chi connectivity index (χ0v) is 27.8. The largest absolute Gasteiger partial charge is 0.495 e. The fraction of sp³-hybridized carbons (Fsp3) is 0.575. The molecule has 2 spiro atoms. The second-order valence-electron chi connectivity index (χ2n) is 15.9. The van der Waals surface area contributed by atoms with Gasteiger partial charge >= 0.3 is 0 Å². The van der Waals surface area contributed by atoms with Crippen LogP contribution >= 0.6 is 0 Å². The number of aliphatic hydroxyl groups excluding tert-OH is 1.